The molecule has 0 spiro atoms. The lowest BCUT2D eigenvalue weighted by atomic mass is 9.84. The van der Waals surface area contributed by atoms with Gasteiger partial charge in [-0.05, 0) is 53.9 Å². The maximum Gasteiger partial charge on any atom is 0.407 e. The molecular formula is C47H63N7O6S. The third-order valence-corrected chi connectivity index (χ3v) is 12.6. The van der Waals surface area contributed by atoms with Crippen LogP contribution in [0.1, 0.15) is 89.1 Å². The number of urea groups is 1. The number of aliphatic hydroxyl groups excluding tert-OH is 1. The second-order valence-corrected chi connectivity index (χ2v) is 18.5. The highest BCUT2D eigenvalue weighted by Gasteiger charge is 2.42. The molecule has 1 fully saturated rings. The van der Waals surface area contributed by atoms with Crippen molar-refractivity contribution >= 4 is 35.3 Å². The van der Waals surface area contributed by atoms with Gasteiger partial charge in [0.05, 0.1) is 35.1 Å². The Hall–Kier alpha value is -5.34. The average molecular weight is 854 g/mol. The van der Waals surface area contributed by atoms with Crippen molar-refractivity contribution in [3.63, 3.8) is 0 Å². The molecule has 2 aromatic heterocycles. The largest absolute Gasteiger partial charge is 0.465 e. The summed E-state index contributed by atoms with van der Waals surface area (Å²) in [6, 6.07) is 19.6. The molecule has 328 valence electrons. The number of aromatic nitrogens is 2. The van der Waals surface area contributed by atoms with Crippen LogP contribution in [0.25, 0.3) is 11.3 Å². The van der Waals surface area contributed by atoms with E-state index in [0.717, 1.165) is 38.0 Å². The number of carboxylic acid groups (broad SMARTS) is 1. The Labute approximate surface area is 364 Å². The standard InChI is InChI=1S/C47H63N7O6S/c1-9-31(4)40(54-24-23-53(45(54)58)28-36-29-61-44(50-36)30(2)3)42(56)49-35(25-32-15-11-10-12-16-32)27-39(55)38(51-43(57)41(47(5,6)7)52(8)46(59)60)26-33-18-20-34(21-19-33)37-17-13-14-22-48-37/h10-22,29-31,35,38-41,55H,9,23-28H2,1-8H3,(H,49,56)(H,51,57)(H,59,60)/t31?,35-,38-,39+,40-,41+/m0/s1. The normalized spacial score (nSPS) is 16.1. The number of likely N-dealkylation sites (N-methyl/N-ethyl adjacent to an activating group) is 1. The van der Waals surface area contributed by atoms with Crippen molar-refractivity contribution in [2.75, 3.05) is 20.1 Å². The van der Waals surface area contributed by atoms with E-state index in [2.05, 4.69) is 29.5 Å². The van der Waals surface area contributed by atoms with Gasteiger partial charge in [0.2, 0.25) is 11.8 Å². The fourth-order valence-electron chi connectivity index (χ4n) is 8.03. The third-order valence-electron chi connectivity index (χ3n) is 11.4. The summed E-state index contributed by atoms with van der Waals surface area (Å²) in [7, 11) is 1.37. The van der Waals surface area contributed by atoms with E-state index in [0.29, 0.717) is 38.4 Å². The van der Waals surface area contributed by atoms with Crippen molar-refractivity contribution < 1.29 is 29.4 Å². The minimum atomic E-state index is -1.25. The van der Waals surface area contributed by atoms with Gasteiger partial charge in [-0.15, -0.1) is 11.3 Å². The van der Waals surface area contributed by atoms with Gasteiger partial charge in [0.25, 0.3) is 0 Å². The number of hydrogen-bond acceptors (Lipinski definition) is 8. The number of hydrogen-bond donors (Lipinski definition) is 4. The van der Waals surface area contributed by atoms with Gasteiger partial charge < -0.3 is 30.6 Å². The summed E-state index contributed by atoms with van der Waals surface area (Å²) in [5, 5.41) is 31.4. The predicted octanol–water partition coefficient (Wildman–Crippen LogP) is 7.21. The zero-order chi connectivity index (χ0) is 44.4. The van der Waals surface area contributed by atoms with E-state index in [1.54, 1.807) is 48.1 Å². The van der Waals surface area contributed by atoms with Crippen LogP contribution in [0, 0.1) is 11.3 Å². The van der Waals surface area contributed by atoms with E-state index in [9.17, 15) is 29.4 Å². The van der Waals surface area contributed by atoms with Crippen LogP contribution >= 0.6 is 11.3 Å². The summed E-state index contributed by atoms with van der Waals surface area (Å²) in [4.78, 5) is 68.4. The number of rotatable bonds is 19. The highest BCUT2D eigenvalue weighted by Crippen LogP contribution is 2.27. The van der Waals surface area contributed by atoms with E-state index in [1.807, 2.05) is 92.0 Å². The zero-order valence-corrected chi connectivity index (χ0v) is 37.6. The van der Waals surface area contributed by atoms with Gasteiger partial charge in [0, 0.05) is 49.2 Å². The number of amides is 5. The molecular weight excluding hydrogens is 791 g/mol. The number of benzene rings is 2. The molecule has 0 bridgehead atoms. The predicted molar refractivity (Wildman–Crippen MR) is 239 cm³/mol. The summed E-state index contributed by atoms with van der Waals surface area (Å²) in [6.07, 6.45) is 0.618. The van der Waals surface area contributed by atoms with Gasteiger partial charge in [0.15, 0.2) is 0 Å². The van der Waals surface area contributed by atoms with Gasteiger partial charge in [0.1, 0.15) is 12.1 Å². The van der Waals surface area contributed by atoms with E-state index < -0.39 is 47.7 Å². The molecule has 13 nitrogen and oxygen atoms in total. The van der Waals surface area contributed by atoms with E-state index >= 15 is 0 Å². The zero-order valence-electron chi connectivity index (χ0n) is 36.7. The molecule has 1 aliphatic rings. The minimum absolute atomic E-state index is 0.0574. The Morgan fingerprint density at radius 2 is 1.57 bits per heavy atom. The van der Waals surface area contributed by atoms with Crippen LogP contribution in [0.2, 0.25) is 0 Å². The smallest absolute Gasteiger partial charge is 0.407 e. The summed E-state index contributed by atoms with van der Waals surface area (Å²) < 4.78 is 0. The average Bonchev–Trinajstić information content (AvgIpc) is 3.84. The van der Waals surface area contributed by atoms with E-state index in [1.165, 1.54) is 7.05 Å². The van der Waals surface area contributed by atoms with Crippen LogP contribution in [0.5, 0.6) is 0 Å². The fraction of sp³-hybridized carbons (Fsp3) is 0.489. The number of nitrogens with zero attached hydrogens (tertiary/aromatic N) is 5. The highest BCUT2D eigenvalue weighted by molar-refractivity contribution is 7.09. The number of carbonyl (C=O) groups excluding carboxylic acids is 3. The highest BCUT2D eigenvalue weighted by atomic mass is 32.1. The lowest BCUT2D eigenvalue weighted by Crippen LogP contribution is -2.58. The molecule has 0 radical (unpaired) electrons. The van der Waals surface area contributed by atoms with E-state index in [4.69, 9.17) is 4.98 Å². The quantitative estimate of drug-likeness (QED) is 0.0768. The van der Waals surface area contributed by atoms with Crippen LogP contribution in [-0.4, -0.2) is 109 Å². The SMILES string of the molecule is CCC(C)[C@@H](C(=O)N[C@@H](Cc1ccccc1)C[C@@H](O)[C@H](Cc1ccc(-c2ccccn2)cc1)NC(=O)[C@@H](N(C)C(=O)O)C(C)(C)C)N1CCN(Cc2csc(C(C)C)n2)C1=O. The van der Waals surface area contributed by atoms with Crippen molar-refractivity contribution in [3.05, 3.63) is 106 Å². The molecule has 3 heterocycles. The Kier molecular flexibility index (Phi) is 16.1. The first kappa shape index (κ1) is 46.7. The molecule has 0 aliphatic carbocycles. The second-order valence-electron chi connectivity index (χ2n) is 17.7. The number of pyridine rings is 1. The number of aliphatic hydroxyl groups is 1. The molecule has 1 unspecified atom stereocenters. The van der Waals surface area contributed by atoms with Gasteiger partial charge in [-0.2, -0.15) is 0 Å². The summed E-state index contributed by atoms with van der Waals surface area (Å²) in [6.45, 7) is 14.8. The van der Waals surface area contributed by atoms with Crippen molar-refractivity contribution in [1.82, 2.24) is 35.3 Å². The van der Waals surface area contributed by atoms with Crippen LogP contribution in [0.4, 0.5) is 9.59 Å². The summed E-state index contributed by atoms with van der Waals surface area (Å²) >= 11 is 1.59. The number of thiazole rings is 1. The van der Waals surface area contributed by atoms with Crippen LogP contribution in [0.15, 0.2) is 84.4 Å². The Bertz CT molecular complexity index is 2060. The number of carbonyl (C=O) groups is 4. The van der Waals surface area contributed by atoms with Gasteiger partial charge >= 0.3 is 12.1 Å². The first-order valence-electron chi connectivity index (χ1n) is 21.2. The Balaban J connectivity index is 1.41. The molecule has 4 aromatic rings. The Morgan fingerprint density at radius 3 is 2.16 bits per heavy atom. The Morgan fingerprint density at radius 1 is 0.902 bits per heavy atom. The van der Waals surface area contributed by atoms with Crippen LogP contribution in [-0.2, 0) is 29.0 Å². The molecule has 1 aliphatic heterocycles. The molecule has 4 N–H and O–H groups in total. The topological polar surface area (TPSA) is 168 Å². The molecule has 5 amide bonds. The molecule has 5 rings (SSSR count). The molecule has 1 saturated heterocycles. The van der Waals surface area contributed by atoms with Gasteiger partial charge in [-0.3, -0.25) is 19.5 Å². The monoisotopic (exact) mass is 853 g/mol. The second kappa shape index (κ2) is 21.0. The van der Waals surface area contributed by atoms with E-state index in [-0.39, 0.29) is 30.7 Å². The maximum absolute atomic E-state index is 14.6. The molecule has 61 heavy (non-hydrogen) atoms. The van der Waals surface area contributed by atoms with Crippen molar-refractivity contribution in [1.29, 1.82) is 0 Å². The maximum atomic E-state index is 14.6. The van der Waals surface area contributed by atoms with Crippen LogP contribution < -0.4 is 10.6 Å². The fourth-order valence-corrected chi connectivity index (χ4v) is 8.86. The first-order valence-corrected chi connectivity index (χ1v) is 22.1. The van der Waals surface area contributed by atoms with Crippen molar-refractivity contribution in [3.8, 4) is 11.3 Å². The number of nitrogens with one attached hydrogen (secondary N) is 2. The van der Waals surface area contributed by atoms with Gasteiger partial charge in [-0.1, -0.05) is 116 Å². The molecule has 6 atom stereocenters. The third kappa shape index (κ3) is 12.4. The van der Waals surface area contributed by atoms with Gasteiger partial charge in [-0.25, -0.2) is 14.6 Å². The minimum Gasteiger partial charge on any atom is -0.465 e. The lowest BCUT2D eigenvalue weighted by molar-refractivity contribution is -0.131. The van der Waals surface area contributed by atoms with Crippen molar-refractivity contribution in [2.45, 2.75) is 117 Å². The molecule has 14 heteroatoms. The lowest BCUT2D eigenvalue weighted by Gasteiger charge is -2.37. The van der Waals surface area contributed by atoms with Crippen molar-refractivity contribution in [2.24, 2.45) is 11.3 Å². The first-order chi connectivity index (χ1) is 29.0. The summed E-state index contributed by atoms with van der Waals surface area (Å²) in [5.41, 5.74) is 3.55. The molecule has 0 saturated carbocycles. The molecule has 2 aromatic carbocycles. The van der Waals surface area contributed by atoms with Crippen LogP contribution in [0.3, 0.4) is 0 Å². The summed E-state index contributed by atoms with van der Waals surface area (Å²) in [5.74, 6) is -0.725.